The first-order valence-corrected chi connectivity index (χ1v) is 11.4. The van der Waals surface area contributed by atoms with Crippen molar-refractivity contribution in [2.24, 2.45) is 7.05 Å². The first-order valence-electron chi connectivity index (χ1n) is 9.63. The van der Waals surface area contributed by atoms with Gasteiger partial charge in [0.25, 0.3) is 10.0 Å². The van der Waals surface area contributed by atoms with Gasteiger partial charge in [0.1, 0.15) is 12.4 Å². The van der Waals surface area contributed by atoms with E-state index < -0.39 is 10.0 Å². The van der Waals surface area contributed by atoms with Crippen LogP contribution in [0.3, 0.4) is 0 Å². The second-order valence-electron chi connectivity index (χ2n) is 7.15. The Bertz CT molecular complexity index is 1120. The third-order valence-electron chi connectivity index (χ3n) is 5.06. The zero-order valence-corrected chi connectivity index (χ0v) is 18.2. The predicted octanol–water partition coefficient (Wildman–Crippen LogP) is 3.16. The van der Waals surface area contributed by atoms with Gasteiger partial charge in [-0.3, -0.25) is 0 Å². The van der Waals surface area contributed by atoms with Crippen molar-refractivity contribution in [3.05, 3.63) is 71.6 Å². The Morgan fingerprint density at radius 3 is 2.53 bits per heavy atom. The molecule has 9 heteroatoms. The Labute approximate surface area is 181 Å². The number of sulfonamides is 1. The van der Waals surface area contributed by atoms with E-state index in [1.54, 1.807) is 11.6 Å². The van der Waals surface area contributed by atoms with Crippen LogP contribution in [0.5, 0.6) is 5.75 Å². The zero-order valence-electron chi connectivity index (χ0n) is 16.6. The molecule has 0 amide bonds. The maximum absolute atomic E-state index is 12.7. The summed E-state index contributed by atoms with van der Waals surface area (Å²) in [5.74, 6) is 0.746. The van der Waals surface area contributed by atoms with E-state index in [4.69, 9.17) is 16.3 Å². The molecule has 1 fully saturated rings. The molecule has 0 saturated carbocycles. The molecule has 158 valence electrons. The molecule has 1 aliphatic rings. The summed E-state index contributed by atoms with van der Waals surface area (Å²) >= 11 is 6.19. The van der Waals surface area contributed by atoms with E-state index in [-0.39, 0.29) is 5.03 Å². The molecule has 2 heterocycles. The Kier molecular flexibility index (Phi) is 5.99. The number of ether oxygens (including phenoxy) is 1. The molecule has 30 heavy (non-hydrogen) atoms. The van der Waals surface area contributed by atoms with Crippen molar-refractivity contribution in [2.45, 2.75) is 11.6 Å². The summed E-state index contributed by atoms with van der Waals surface area (Å²) in [5.41, 5.74) is 1.93. The largest absolute Gasteiger partial charge is 0.489 e. The number of imidazole rings is 1. The fraction of sp³-hybridized carbons (Fsp3) is 0.286. The Balaban J connectivity index is 1.39. The minimum absolute atomic E-state index is 0.0911. The van der Waals surface area contributed by atoms with E-state index in [1.165, 1.54) is 16.8 Å². The van der Waals surface area contributed by atoms with Gasteiger partial charge in [-0.05, 0) is 18.2 Å². The first kappa shape index (κ1) is 20.7. The molecular weight excluding hydrogens is 424 g/mol. The summed E-state index contributed by atoms with van der Waals surface area (Å²) in [6.07, 6.45) is 3.03. The Hall–Kier alpha value is -2.55. The second kappa shape index (κ2) is 8.67. The van der Waals surface area contributed by atoms with Crippen molar-refractivity contribution >= 4 is 27.3 Å². The minimum atomic E-state index is -3.56. The van der Waals surface area contributed by atoms with Gasteiger partial charge < -0.3 is 14.2 Å². The van der Waals surface area contributed by atoms with Crippen LogP contribution < -0.4 is 9.64 Å². The molecule has 1 saturated heterocycles. The van der Waals surface area contributed by atoms with E-state index in [2.05, 4.69) is 9.88 Å². The van der Waals surface area contributed by atoms with Crippen molar-refractivity contribution in [3.63, 3.8) is 0 Å². The molecule has 0 spiro atoms. The summed E-state index contributed by atoms with van der Waals surface area (Å²) < 4.78 is 34.5. The number of aryl methyl sites for hydroxylation is 1. The highest BCUT2D eigenvalue weighted by molar-refractivity contribution is 7.89. The highest BCUT2D eigenvalue weighted by Gasteiger charge is 2.30. The molecule has 0 radical (unpaired) electrons. The van der Waals surface area contributed by atoms with Gasteiger partial charge in [0.2, 0.25) is 0 Å². The lowest BCUT2D eigenvalue weighted by atomic mass is 10.2. The van der Waals surface area contributed by atoms with Crippen LogP contribution >= 0.6 is 11.6 Å². The highest BCUT2D eigenvalue weighted by Crippen LogP contribution is 2.25. The number of piperazine rings is 1. The van der Waals surface area contributed by atoms with Crippen LogP contribution in [-0.4, -0.2) is 48.5 Å². The lowest BCUT2D eigenvalue weighted by Crippen LogP contribution is -2.48. The lowest BCUT2D eigenvalue weighted by Gasteiger charge is -2.35. The molecule has 1 aromatic heterocycles. The number of benzene rings is 2. The summed E-state index contributed by atoms with van der Waals surface area (Å²) in [5, 5.41) is 0.771. The molecule has 0 N–H and O–H groups in total. The number of hydrogen-bond acceptors (Lipinski definition) is 5. The zero-order chi connectivity index (χ0) is 21.1. The molecule has 0 atom stereocenters. The standard InChI is InChI=1S/C21H23ClN4O3S/c1-24-14-21(23-16-24)30(27,28)26-11-9-25(10-12-26)18-6-4-7-19(13-18)29-15-17-5-2-3-8-20(17)22/h2-8,13-14,16H,9-12,15H2,1H3. The van der Waals surface area contributed by atoms with Crippen molar-refractivity contribution in [1.82, 2.24) is 13.9 Å². The second-order valence-corrected chi connectivity index (χ2v) is 9.44. The predicted molar refractivity (Wildman–Crippen MR) is 116 cm³/mol. The van der Waals surface area contributed by atoms with Crippen LogP contribution in [0.4, 0.5) is 5.69 Å². The molecule has 7 nitrogen and oxygen atoms in total. The fourth-order valence-corrected chi connectivity index (χ4v) is 4.97. The van der Waals surface area contributed by atoms with Gasteiger partial charge in [0.15, 0.2) is 5.03 Å². The van der Waals surface area contributed by atoms with Crippen molar-refractivity contribution < 1.29 is 13.2 Å². The van der Waals surface area contributed by atoms with E-state index in [1.807, 2.05) is 48.5 Å². The molecule has 2 aromatic carbocycles. The summed E-state index contributed by atoms with van der Waals surface area (Å²) in [4.78, 5) is 6.16. The summed E-state index contributed by atoms with van der Waals surface area (Å²) in [6, 6.07) is 15.4. The number of anilines is 1. The van der Waals surface area contributed by atoms with E-state index >= 15 is 0 Å². The maximum atomic E-state index is 12.7. The summed E-state index contributed by atoms with van der Waals surface area (Å²) in [6.45, 7) is 2.40. The van der Waals surface area contributed by atoms with E-state index in [0.29, 0.717) is 37.8 Å². The Morgan fingerprint density at radius 1 is 1.07 bits per heavy atom. The van der Waals surface area contributed by atoms with Gasteiger partial charge in [0, 0.05) is 61.8 Å². The Morgan fingerprint density at radius 2 is 1.83 bits per heavy atom. The van der Waals surface area contributed by atoms with Crippen LogP contribution in [0.2, 0.25) is 5.02 Å². The fourth-order valence-electron chi connectivity index (χ4n) is 3.39. The highest BCUT2D eigenvalue weighted by atomic mass is 35.5. The van der Waals surface area contributed by atoms with Crippen molar-refractivity contribution in [2.75, 3.05) is 31.1 Å². The van der Waals surface area contributed by atoms with Gasteiger partial charge in [-0.25, -0.2) is 13.4 Å². The van der Waals surface area contributed by atoms with Crippen LogP contribution in [0, 0.1) is 0 Å². The average Bonchev–Trinajstić information content (AvgIpc) is 3.21. The summed E-state index contributed by atoms with van der Waals surface area (Å²) in [7, 11) is -1.81. The van der Waals surface area contributed by atoms with Crippen LogP contribution in [0.1, 0.15) is 5.56 Å². The number of aromatic nitrogens is 2. The van der Waals surface area contributed by atoms with Gasteiger partial charge in [-0.1, -0.05) is 35.9 Å². The molecule has 0 bridgehead atoms. The van der Waals surface area contributed by atoms with Crippen LogP contribution in [-0.2, 0) is 23.7 Å². The molecular formula is C21H23ClN4O3S. The lowest BCUT2D eigenvalue weighted by molar-refractivity contribution is 0.306. The van der Waals surface area contributed by atoms with Crippen LogP contribution in [0.25, 0.3) is 0 Å². The van der Waals surface area contributed by atoms with Gasteiger partial charge in [0.05, 0.1) is 6.33 Å². The SMILES string of the molecule is Cn1cnc(S(=O)(=O)N2CCN(c3cccc(OCc4ccccc4Cl)c3)CC2)c1. The topological polar surface area (TPSA) is 67.7 Å². The smallest absolute Gasteiger partial charge is 0.262 e. The van der Waals surface area contributed by atoms with Gasteiger partial charge >= 0.3 is 0 Å². The molecule has 4 rings (SSSR count). The van der Waals surface area contributed by atoms with E-state index in [9.17, 15) is 8.42 Å². The average molecular weight is 447 g/mol. The molecule has 0 unspecified atom stereocenters. The molecule has 1 aliphatic heterocycles. The van der Waals surface area contributed by atoms with Crippen molar-refractivity contribution in [3.8, 4) is 5.75 Å². The number of nitrogens with zero attached hydrogens (tertiary/aromatic N) is 4. The number of halogens is 1. The monoisotopic (exact) mass is 446 g/mol. The van der Waals surface area contributed by atoms with Crippen LogP contribution in [0.15, 0.2) is 66.1 Å². The molecule has 3 aromatic rings. The third-order valence-corrected chi connectivity index (χ3v) is 7.21. The maximum Gasteiger partial charge on any atom is 0.262 e. The van der Waals surface area contributed by atoms with Crippen molar-refractivity contribution in [1.29, 1.82) is 0 Å². The number of hydrogen-bond donors (Lipinski definition) is 0. The number of rotatable bonds is 6. The third kappa shape index (κ3) is 4.45. The quantitative estimate of drug-likeness (QED) is 0.581. The first-order chi connectivity index (χ1) is 14.4. The minimum Gasteiger partial charge on any atom is -0.489 e. The molecule has 0 aliphatic carbocycles. The normalized spacial score (nSPS) is 15.3. The van der Waals surface area contributed by atoms with Gasteiger partial charge in [-0.15, -0.1) is 0 Å². The van der Waals surface area contributed by atoms with Gasteiger partial charge in [-0.2, -0.15) is 4.31 Å². The van der Waals surface area contributed by atoms with E-state index in [0.717, 1.165) is 17.0 Å².